The Morgan fingerprint density at radius 2 is 1.19 bits per heavy atom. The highest BCUT2D eigenvalue weighted by molar-refractivity contribution is 8.24. The minimum absolute atomic E-state index is 0.518. The van der Waals surface area contributed by atoms with E-state index < -0.39 is 45.6 Å². The van der Waals surface area contributed by atoms with E-state index in [1.807, 2.05) is 0 Å². The number of thiocarbonyl (C=S) groups is 1. The molecule has 0 aromatic heterocycles. The van der Waals surface area contributed by atoms with Gasteiger partial charge in [-0.3, -0.25) is 4.79 Å². The fourth-order valence-electron chi connectivity index (χ4n) is 3.02. The van der Waals surface area contributed by atoms with Gasteiger partial charge in [0.2, 0.25) is 34.8 Å². The summed E-state index contributed by atoms with van der Waals surface area (Å²) < 4.78 is 70.9. The van der Waals surface area contributed by atoms with Crippen LogP contribution in [0.25, 0.3) is 0 Å². The molecule has 182 valence electrons. The minimum atomic E-state index is -2.31. The van der Waals surface area contributed by atoms with Crippen LogP contribution < -0.4 is 4.74 Å². The lowest BCUT2D eigenvalue weighted by molar-refractivity contribution is -0.136. The van der Waals surface area contributed by atoms with Crippen molar-refractivity contribution in [2.75, 3.05) is 0 Å². The monoisotopic (exact) mass is 498 g/mol. The Hall–Kier alpha value is -1.22. The summed E-state index contributed by atoms with van der Waals surface area (Å²) in [5.74, 6) is -13.8. The van der Waals surface area contributed by atoms with E-state index in [0.717, 1.165) is 31.0 Å². The lowest BCUT2D eigenvalue weighted by atomic mass is 10.1. The van der Waals surface area contributed by atoms with Gasteiger partial charge in [-0.15, -0.1) is 11.8 Å². The number of hydrogen-bond donors (Lipinski definition) is 0. The topological polar surface area (TPSA) is 26.3 Å². The summed E-state index contributed by atoms with van der Waals surface area (Å²) in [7, 11) is 0. The van der Waals surface area contributed by atoms with E-state index in [2.05, 4.69) is 11.7 Å². The smallest absolute Gasteiger partial charge is 0.327 e. The van der Waals surface area contributed by atoms with Crippen LogP contribution in [0.5, 0.6) is 5.75 Å². The predicted octanol–water partition coefficient (Wildman–Crippen LogP) is 8.44. The average molecular weight is 499 g/mol. The van der Waals surface area contributed by atoms with Gasteiger partial charge in [0.05, 0.1) is 0 Å². The normalized spacial score (nSPS) is 11.6. The van der Waals surface area contributed by atoms with E-state index in [9.17, 15) is 26.7 Å². The number of hydrogen-bond acceptors (Lipinski definition) is 4. The van der Waals surface area contributed by atoms with Crippen molar-refractivity contribution in [3.8, 4) is 5.75 Å². The highest BCUT2D eigenvalue weighted by Crippen LogP contribution is 2.34. The van der Waals surface area contributed by atoms with E-state index >= 15 is 0 Å². The molecule has 32 heavy (non-hydrogen) atoms. The summed E-state index contributed by atoms with van der Waals surface area (Å²) in [5, 5.41) is 0. The highest BCUT2D eigenvalue weighted by atomic mass is 32.2. The Morgan fingerprint density at radius 3 is 1.66 bits per heavy atom. The summed E-state index contributed by atoms with van der Waals surface area (Å²) in [5.41, 5.74) is 0. The van der Waals surface area contributed by atoms with Crippen LogP contribution in [0, 0.1) is 29.1 Å². The van der Waals surface area contributed by atoms with Crippen molar-refractivity contribution in [3.05, 3.63) is 29.1 Å². The van der Waals surface area contributed by atoms with E-state index in [1.54, 1.807) is 0 Å². The fraction of sp³-hybridized carbons (Fsp3) is 0.652. The lowest BCUT2D eigenvalue weighted by Gasteiger charge is -2.22. The molecule has 0 amide bonds. The van der Waals surface area contributed by atoms with Gasteiger partial charge < -0.3 is 4.74 Å². The number of thioether (sulfide) groups is 1. The molecule has 0 saturated carbocycles. The standard InChI is InChI=1S/C23H31F5O2S2/c1-4-5-6-7-8-9-10-11-12-13-14-15(31)32-23(2,3)22(29)30-21-19(27)17(25)16(24)18(26)20(21)28/h4-14H2,1-3H3. The van der Waals surface area contributed by atoms with Crippen LogP contribution in [0.4, 0.5) is 22.0 Å². The Morgan fingerprint density at radius 1 is 0.781 bits per heavy atom. The molecule has 0 fully saturated rings. The van der Waals surface area contributed by atoms with Crippen molar-refractivity contribution in [2.45, 2.75) is 96.1 Å². The van der Waals surface area contributed by atoms with Crippen LogP contribution in [0.15, 0.2) is 0 Å². The van der Waals surface area contributed by atoms with Crippen molar-refractivity contribution in [1.82, 2.24) is 0 Å². The zero-order chi connectivity index (χ0) is 24.3. The molecule has 0 heterocycles. The van der Waals surface area contributed by atoms with Crippen molar-refractivity contribution in [2.24, 2.45) is 0 Å². The molecule has 1 aromatic rings. The molecule has 0 radical (unpaired) electrons. The molecule has 0 N–H and O–H groups in total. The van der Waals surface area contributed by atoms with Crippen molar-refractivity contribution >= 4 is 34.1 Å². The van der Waals surface area contributed by atoms with E-state index in [1.165, 1.54) is 58.8 Å². The number of carbonyl (C=O) groups is 1. The Balaban J connectivity index is 2.44. The number of unbranched alkanes of at least 4 members (excludes halogenated alkanes) is 9. The summed E-state index contributed by atoms with van der Waals surface area (Å²) >= 11 is 6.28. The molecule has 0 bridgehead atoms. The Labute approximate surface area is 196 Å². The molecule has 0 saturated heterocycles. The van der Waals surface area contributed by atoms with Crippen LogP contribution in [0.1, 0.15) is 91.4 Å². The van der Waals surface area contributed by atoms with Gasteiger partial charge in [0.15, 0.2) is 0 Å². The third-order valence-electron chi connectivity index (χ3n) is 4.96. The van der Waals surface area contributed by atoms with Gasteiger partial charge in [0.25, 0.3) is 0 Å². The number of rotatable bonds is 14. The summed E-state index contributed by atoms with van der Waals surface area (Å²) in [6.07, 6.45) is 12.3. The molecule has 0 spiro atoms. The number of ether oxygens (including phenoxy) is 1. The Kier molecular flexibility index (Phi) is 12.7. The van der Waals surface area contributed by atoms with Gasteiger partial charge in [0, 0.05) is 4.20 Å². The number of halogens is 5. The summed E-state index contributed by atoms with van der Waals surface area (Å²) in [4.78, 5) is 12.3. The molecule has 1 rings (SSSR count). The van der Waals surface area contributed by atoms with Crippen LogP contribution >= 0.6 is 24.0 Å². The van der Waals surface area contributed by atoms with Gasteiger partial charge in [0.1, 0.15) is 4.75 Å². The molecule has 0 unspecified atom stereocenters. The molecular weight excluding hydrogens is 467 g/mol. The largest absolute Gasteiger partial charge is 0.419 e. The van der Waals surface area contributed by atoms with E-state index in [-0.39, 0.29) is 0 Å². The first kappa shape index (κ1) is 28.8. The molecule has 0 aliphatic heterocycles. The molecule has 0 atom stereocenters. The minimum Gasteiger partial charge on any atom is -0.419 e. The van der Waals surface area contributed by atoms with Gasteiger partial charge in [-0.1, -0.05) is 76.9 Å². The second-order valence-corrected chi connectivity index (χ2v) is 10.7. The van der Waals surface area contributed by atoms with Crippen LogP contribution in [0.3, 0.4) is 0 Å². The van der Waals surface area contributed by atoms with Gasteiger partial charge in [-0.05, 0) is 26.7 Å². The third-order valence-corrected chi connectivity index (χ3v) is 6.52. The number of esters is 1. The third kappa shape index (κ3) is 8.96. The van der Waals surface area contributed by atoms with Crippen molar-refractivity contribution in [1.29, 1.82) is 0 Å². The average Bonchev–Trinajstić information content (AvgIpc) is 2.74. The van der Waals surface area contributed by atoms with E-state index in [0.29, 0.717) is 10.6 Å². The molecular formula is C23H31F5O2S2. The first-order chi connectivity index (χ1) is 15.0. The maximum Gasteiger partial charge on any atom is 0.327 e. The summed E-state index contributed by atoms with van der Waals surface area (Å²) in [6.45, 7) is 5.02. The SMILES string of the molecule is CCCCCCCCCCCCC(=S)SC(C)(C)C(=O)Oc1c(F)c(F)c(F)c(F)c1F. The molecule has 0 aliphatic carbocycles. The van der Waals surface area contributed by atoms with Gasteiger partial charge in [-0.25, -0.2) is 13.2 Å². The maximum atomic E-state index is 13.8. The molecule has 1 aromatic carbocycles. The highest BCUT2D eigenvalue weighted by Gasteiger charge is 2.35. The van der Waals surface area contributed by atoms with Crippen LogP contribution in [-0.4, -0.2) is 14.9 Å². The first-order valence-electron chi connectivity index (χ1n) is 11.0. The van der Waals surface area contributed by atoms with Crippen molar-refractivity contribution in [3.63, 3.8) is 0 Å². The zero-order valence-corrected chi connectivity index (χ0v) is 20.4. The quantitative estimate of drug-likeness (QED) is 0.0489. The zero-order valence-electron chi connectivity index (χ0n) is 18.8. The number of carbonyl (C=O) groups excluding carboxylic acids is 1. The van der Waals surface area contributed by atoms with Crippen molar-refractivity contribution < 1.29 is 31.5 Å². The van der Waals surface area contributed by atoms with Crippen LogP contribution in [0.2, 0.25) is 0 Å². The number of benzene rings is 1. The second-order valence-electron chi connectivity index (χ2n) is 8.20. The van der Waals surface area contributed by atoms with Gasteiger partial charge >= 0.3 is 5.97 Å². The predicted molar refractivity (Wildman–Crippen MR) is 123 cm³/mol. The summed E-state index contributed by atoms with van der Waals surface area (Å²) in [6, 6.07) is 0. The van der Waals surface area contributed by atoms with E-state index in [4.69, 9.17) is 12.2 Å². The Bertz CT molecular complexity index is 755. The maximum absolute atomic E-state index is 13.8. The first-order valence-corrected chi connectivity index (χ1v) is 12.2. The molecule has 2 nitrogen and oxygen atoms in total. The molecule has 9 heteroatoms. The van der Waals surface area contributed by atoms with Gasteiger partial charge in [-0.2, -0.15) is 8.78 Å². The second kappa shape index (κ2) is 14.1. The lowest BCUT2D eigenvalue weighted by Crippen LogP contribution is -2.34. The fourth-order valence-corrected chi connectivity index (χ4v) is 4.73. The van der Waals surface area contributed by atoms with Crippen LogP contribution in [-0.2, 0) is 4.79 Å². The molecule has 0 aliphatic rings.